The Hall–Kier alpha value is -2.18. The van der Waals surface area contributed by atoms with Crippen LogP contribution in [0.3, 0.4) is 0 Å². The molecule has 0 bridgehead atoms. The van der Waals surface area contributed by atoms with Crippen molar-refractivity contribution in [3.05, 3.63) is 50.9 Å². The molecule has 0 N–H and O–H groups in total. The first-order chi connectivity index (χ1) is 11.9. The van der Waals surface area contributed by atoms with Crippen LogP contribution in [-0.2, 0) is 11.4 Å². The van der Waals surface area contributed by atoms with Crippen LogP contribution in [0, 0.1) is 27.7 Å². The molecule has 2 heterocycles. The first-order valence-electron chi connectivity index (χ1n) is 8.56. The molecular formula is C19H26N4O2. The van der Waals surface area contributed by atoms with Gasteiger partial charge in [0.05, 0.1) is 19.9 Å². The molecule has 2 aromatic rings. The lowest BCUT2D eigenvalue weighted by atomic mass is 10.1. The normalized spacial score (nSPS) is 14.7. The molecule has 3 rings (SSSR count). The topological polar surface area (TPSA) is 50.6 Å². The largest absolute Gasteiger partial charge is 0.383 e. The lowest BCUT2D eigenvalue weighted by Gasteiger charge is -2.38. The van der Waals surface area contributed by atoms with E-state index in [2.05, 4.69) is 41.8 Å². The smallest absolute Gasteiger partial charge is 0.259 e. The van der Waals surface area contributed by atoms with Crippen molar-refractivity contribution in [2.75, 3.05) is 31.8 Å². The molecular weight excluding hydrogens is 316 g/mol. The van der Waals surface area contributed by atoms with Crippen LogP contribution in [0.2, 0.25) is 0 Å². The van der Waals surface area contributed by atoms with Crippen molar-refractivity contribution in [3.8, 4) is 0 Å². The molecule has 1 aliphatic heterocycles. The van der Waals surface area contributed by atoms with Gasteiger partial charge in [-0.15, -0.1) is 0 Å². The zero-order valence-corrected chi connectivity index (χ0v) is 15.7. The standard InChI is InChI=1S/C19H26N4O2/c1-13-6-7-17(14(2)10-13)22-11-21(8-9-25-5)12-23-18(24)15(3)16(4)20-19(22)23/h6-7,10H,8-9,11-12H2,1-5H3. The van der Waals surface area contributed by atoms with Gasteiger partial charge in [0, 0.05) is 30.6 Å². The Balaban J connectivity index is 2.12. The summed E-state index contributed by atoms with van der Waals surface area (Å²) in [5, 5.41) is 0. The number of fused-ring (bicyclic) bond motifs is 1. The Labute approximate surface area is 148 Å². The summed E-state index contributed by atoms with van der Waals surface area (Å²) in [4.78, 5) is 21.9. The first-order valence-corrected chi connectivity index (χ1v) is 8.56. The van der Waals surface area contributed by atoms with Crippen LogP contribution in [0.15, 0.2) is 23.0 Å². The van der Waals surface area contributed by atoms with Crippen molar-refractivity contribution in [3.63, 3.8) is 0 Å². The summed E-state index contributed by atoms with van der Waals surface area (Å²) in [5.41, 5.74) is 5.00. The van der Waals surface area contributed by atoms with E-state index < -0.39 is 0 Å². The highest BCUT2D eigenvalue weighted by Crippen LogP contribution is 2.30. The van der Waals surface area contributed by atoms with Gasteiger partial charge in [0.25, 0.3) is 5.56 Å². The fourth-order valence-corrected chi connectivity index (χ4v) is 3.24. The van der Waals surface area contributed by atoms with E-state index in [1.807, 2.05) is 13.8 Å². The number of anilines is 2. The van der Waals surface area contributed by atoms with Crippen molar-refractivity contribution in [2.45, 2.75) is 34.4 Å². The summed E-state index contributed by atoms with van der Waals surface area (Å²) < 4.78 is 6.99. The Morgan fingerprint density at radius 3 is 2.60 bits per heavy atom. The fourth-order valence-electron chi connectivity index (χ4n) is 3.24. The maximum Gasteiger partial charge on any atom is 0.259 e. The number of hydrogen-bond donors (Lipinski definition) is 0. The molecule has 134 valence electrons. The van der Waals surface area contributed by atoms with Crippen molar-refractivity contribution < 1.29 is 4.74 Å². The second kappa shape index (κ2) is 6.98. The Kier molecular flexibility index (Phi) is 4.92. The quantitative estimate of drug-likeness (QED) is 0.854. The number of ether oxygens (including phenoxy) is 1. The number of methoxy groups -OCH3 is 1. The van der Waals surface area contributed by atoms with E-state index in [1.54, 1.807) is 11.7 Å². The number of benzene rings is 1. The minimum Gasteiger partial charge on any atom is -0.383 e. The lowest BCUT2D eigenvalue weighted by Crippen LogP contribution is -2.48. The average molecular weight is 342 g/mol. The zero-order valence-electron chi connectivity index (χ0n) is 15.7. The third kappa shape index (κ3) is 3.32. The monoisotopic (exact) mass is 342 g/mol. The van der Waals surface area contributed by atoms with Gasteiger partial charge in [0.15, 0.2) is 0 Å². The second-order valence-electron chi connectivity index (χ2n) is 6.74. The van der Waals surface area contributed by atoms with Crippen LogP contribution < -0.4 is 10.5 Å². The Bertz CT molecular complexity index is 844. The van der Waals surface area contributed by atoms with Crippen molar-refractivity contribution >= 4 is 11.6 Å². The van der Waals surface area contributed by atoms with Gasteiger partial charge in [0.1, 0.15) is 0 Å². The average Bonchev–Trinajstić information content (AvgIpc) is 2.58. The van der Waals surface area contributed by atoms with Crippen LogP contribution >= 0.6 is 0 Å². The molecule has 0 aliphatic carbocycles. The van der Waals surface area contributed by atoms with Crippen LogP contribution in [-0.4, -0.2) is 41.4 Å². The predicted molar refractivity (Wildman–Crippen MR) is 99.5 cm³/mol. The van der Waals surface area contributed by atoms with Crippen LogP contribution in [0.1, 0.15) is 22.4 Å². The molecule has 0 fully saturated rings. The molecule has 0 atom stereocenters. The molecule has 1 aromatic heterocycles. The molecule has 0 spiro atoms. The summed E-state index contributed by atoms with van der Waals surface area (Å²) in [5.74, 6) is 0.716. The highest BCUT2D eigenvalue weighted by Gasteiger charge is 2.27. The molecule has 25 heavy (non-hydrogen) atoms. The van der Waals surface area contributed by atoms with E-state index in [0.29, 0.717) is 31.5 Å². The number of rotatable bonds is 4. The van der Waals surface area contributed by atoms with Gasteiger partial charge in [-0.1, -0.05) is 17.7 Å². The minimum absolute atomic E-state index is 0.0272. The lowest BCUT2D eigenvalue weighted by molar-refractivity contribution is 0.121. The van der Waals surface area contributed by atoms with E-state index >= 15 is 0 Å². The third-order valence-corrected chi connectivity index (χ3v) is 4.80. The third-order valence-electron chi connectivity index (χ3n) is 4.80. The highest BCUT2D eigenvalue weighted by molar-refractivity contribution is 5.63. The van der Waals surface area contributed by atoms with E-state index in [-0.39, 0.29) is 5.56 Å². The van der Waals surface area contributed by atoms with Gasteiger partial charge >= 0.3 is 0 Å². The predicted octanol–water partition coefficient (Wildman–Crippen LogP) is 2.49. The van der Waals surface area contributed by atoms with Crippen molar-refractivity contribution in [2.24, 2.45) is 0 Å². The molecule has 0 radical (unpaired) electrons. The number of nitrogens with zero attached hydrogens (tertiary/aromatic N) is 4. The Morgan fingerprint density at radius 2 is 1.92 bits per heavy atom. The fraction of sp³-hybridized carbons (Fsp3) is 0.474. The second-order valence-corrected chi connectivity index (χ2v) is 6.74. The summed E-state index contributed by atoms with van der Waals surface area (Å²) in [7, 11) is 1.70. The van der Waals surface area contributed by atoms with Crippen LogP contribution in [0.5, 0.6) is 0 Å². The molecule has 1 aromatic carbocycles. The zero-order chi connectivity index (χ0) is 18.1. The summed E-state index contributed by atoms with van der Waals surface area (Å²) in [6.07, 6.45) is 0. The molecule has 0 saturated carbocycles. The summed E-state index contributed by atoms with van der Waals surface area (Å²) in [6.45, 7) is 10.5. The first kappa shape index (κ1) is 17.6. The van der Waals surface area contributed by atoms with E-state index in [0.717, 1.165) is 17.9 Å². The van der Waals surface area contributed by atoms with Gasteiger partial charge < -0.3 is 4.74 Å². The molecule has 1 aliphatic rings. The molecule has 6 nitrogen and oxygen atoms in total. The SMILES string of the molecule is COCCN1CN(c2ccc(C)cc2C)c2nc(C)c(C)c(=O)n2C1. The molecule has 0 unspecified atom stereocenters. The Morgan fingerprint density at radius 1 is 1.16 bits per heavy atom. The molecule has 0 amide bonds. The molecule has 0 saturated heterocycles. The van der Waals surface area contributed by atoms with Crippen molar-refractivity contribution in [1.82, 2.24) is 14.5 Å². The van der Waals surface area contributed by atoms with Crippen LogP contribution in [0.4, 0.5) is 11.6 Å². The van der Waals surface area contributed by atoms with E-state index in [1.165, 1.54) is 11.1 Å². The maximum atomic E-state index is 12.8. The van der Waals surface area contributed by atoms with E-state index in [4.69, 9.17) is 9.72 Å². The summed E-state index contributed by atoms with van der Waals surface area (Å²) >= 11 is 0. The highest BCUT2D eigenvalue weighted by atomic mass is 16.5. The van der Waals surface area contributed by atoms with Crippen LogP contribution in [0.25, 0.3) is 0 Å². The maximum absolute atomic E-state index is 12.8. The number of aryl methyl sites for hydroxylation is 3. The van der Waals surface area contributed by atoms with Gasteiger partial charge in [-0.3, -0.25) is 19.2 Å². The van der Waals surface area contributed by atoms with Gasteiger partial charge in [-0.2, -0.15) is 0 Å². The number of hydrogen-bond acceptors (Lipinski definition) is 5. The van der Waals surface area contributed by atoms with Gasteiger partial charge in [-0.05, 0) is 39.3 Å². The van der Waals surface area contributed by atoms with E-state index in [9.17, 15) is 4.79 Å². The number of aromatic nitrogens is 2. The summed E-state index contributed by atoms with van der Waals surface area (Å²) in [6, 6.07) is 6.36. The molecule has 6 heteroatoms. The minimum atomic E-state index is 0.0272. The van der Waals surface area contributed by atoms with Gasteiger partial charge in [0.2, 0.25) is 5.95 Å². The van der Waals surface area contributed by atoms with Gasteiger partial charge in [-0.25, -0.2) is 4.98 Å². The van der Waals surface area contributed by atoms with Crippen molar-refractivity contribution in [1.29, 1.82) is 0 Å².